The van der Waals surface area contributed by atoms with Crippen LogP contribution in [0, 0.1) is 5.92 Å². The Morgan fingerprint density at radius 1 is 1.19 bits per heavy atom. The highest BCUT2D eigenvalue weighted by Crippen LogP contribution is 2.08. The predicted molar refractivity (Wildman–Crippen MR) is 68.8 cm³/mol. The van der Waals surface area contributed by atoms with Crippen LogP contribution < -0.4 is 5.32 Å². The highest BCUT2D eigenvalue weighted by Gasteiger charge is 2.14. The number of likely N-dealkylation sites (N-methyl/N-ethyl adjacent to an activating group) is 1. The van der Waals surface area contributed by atoms with E-state index in [2.05, 4.69) is 39.9 Å². The van der Waals surface area contributed by atoms with Gasteiger partial charge in [0.15, 0.2) is 0 Å². The lowest BCUT2D eigenvalue weighted by Gasteiger charge is -2.23. The van der Waals surface area contributed by atoms with E-state index in [0.717, 1.165) is 6.61 Å². The van der Waals surface area contributed by atoms with Crippen molar-refractivity contribution in [1.29, 1.82) is 0 Å². The first-order chi connectivity index (χ1) is 7.40. The zero-order chi connectivity index (χ0) is 12.6. The smallest absolute Gasteiger partial charge is 0.0707 e. The van der Waals surface area contributed by atoms with Gasteiger partial charge in [-0.15, -0.1) is 0 Å². The van der Waals surface area contributed by atoms with Crippen LogP contribution in [0.4, 0.5) is 0 Å². The molecule has 3 nitrogen and oxygen atoms in total. The molecule has 0 aliphatic rings. The summed E-state index contributed by atoms with van der Waals surface area (Å²) in [5.41, 5.74) is -0.0670. The lowest BCUT2D eigenvalue weighted by molar-refractivity contribution is -0.0387. The summed E-state index contributed by atoms with van der Waals surface area (Å²) in [6.45, 7) is 12.7. The van der Waals surface area contributed by atoms with Gasteiger partial charge in [-0.3, -0.25) is 0 Å². The van der Waals surface area contributed by atoms with Crippen molar-refractivity contribution in [2.45, 2.75) is 52.7 Å². The molecule has 0 bridgehead atoms. The Bertz CT molecular complexity index is 166. The lowest BCUT2D eigenvalue weighted by Crippen LogP contribution is -2.36. The Balaban J connectivity index is 3.56. The van der Waals surface area contributed by atoms with E-state index < -0.39 is 0 Å². The van der Waals surface area contributed by atoms with Crippen LogP contribution in [0.3, 0.4) is 0 Å². The summed E-state index contributed by atoms with van der Waals surface area (Å²) in [5.74, 6) is 0.647. The van der Waals surface area contributed by atoms with E-state index in [1.807, 2.05) is 7.05 Å². The minimum absolute atomic E-state index is 0.0670. The first-order valence-electron chi connectivity index (χ1n) is 6.29. The molecule has 0 saturated carbocycles. The second kappa shape index (κ2) is 8.04. The molecule has 0 radical (unpaired) electrons. The van der Waals surface area contributed by atoms with Crippen molar-refractivity contribution in [3.8, 4) is 0 Å². The highest BCUT2D eigenvalue weighted by molar-refractivity contribution is 4.69. The minimum Gasteiger partial charge on any atom is -0.377 e. The first-order valence-corrected chi connectivity index (χ1v) is 6.29. The molecule has 0 saturated heterocycles. The first kappa shape index (κ1) is 15.9. The monoisotopic (exact) mass is 231 g/mol. The van der Waals surface area contributed by atoms with Gasteiger partial charge in [0.2, 0.25) is 0 Å². The summed E-state index contributed by atoms with van der Waals surface area (Å²) in [6.07, 6.45) is 1.17. The number of rotatable bonds is 8. The van der Waals surface area contributed by atoms with Crippen molar-refractivity contribution in [3.63, 3.8) is 0 Å². The van der Waals surface area contributed by atoms with Gasteiger partial charge in [0.05, 0.1) is 25.4 Å². The summed E-state index contributed by atoms with van der Waals surface area (Å²) < 4.78 is 11.2. The van der Waals surface area contributed by atoms with Gasteiger partial charge < -0.3 is 14.8 Å². The van der Waals surface area contributed by atoms with Crippen molar-refractivity contribution >= 4 is 0 Å². The van der Waals surface area contributed by atoms with Crippen molar-refractivity contribution < 1.29 is 9.47 Å². The van der Waals surface area contributed by atoms with E-state index in [1.165, 1.54) is 6.42 Å². The van der Waals surface area contributed by atoms with E-state index in [0.29, 0.717) is 25.2 Å². The van der Waals surface area contributed by atoms with E-state index in [9.17, 15) is 0 Å². The van der Waals surface area contributed by atoms with Crippen LogP contribution in [0.2, 0.25) is 0 Å². The van der Waals surface area contributed by atoms with Crippen LogP contribution in [0.1, 0.15) is 41.0 Å². The standard InChI is InChI=1S/C13H29NO2/c1-7-11(2)12(14-6)10-15-8-9-16-13(3,4)5/h11-12,14H,7-10H2,1-6H3. The van der Waals surface area contributed by atoms with Gasteiger partial charge in [0.1, 0.15) is 0 Å². The normalized spacial score (nSPS) is 16.1. The summed E-state index contributed by atoms with van der Waals surface area (Å²) in [5, 5.41) is 3.29. The second-order valence-electron chi connectivity index (χ2n) is 5.32. The van der Waals surface area contributed by atoms with Gasteiger partial charge in [-0.25, -0.2) is 0 Å². The van der Waals surface area contributed by atoms with Gasteiger partial charge >= 0.3 is 0 Å². The molecule has 0 aromatic rings. The number of hydrogen-bond acceptors (Lipinski definition) is 3. The molecule has 0 aliphatic carbocycles. The maximum absolute atomic E-state index is 5.62. The van der Waals surface area contributed by atoms with Crippen LogP contribution in [0.15, 0.2) is 0 Å². The number of hydrogen-bond donors (Lipinski definition) is 1. The third-order valence-electron chi connectivity index (χ3n) is 2.76. The summed E-state index contributed by atoms with van der Waals surface area (Å²) in [4.78, 5) is 0. The van der Waals surface area contributed by atoms with E-state index in [-0.39, 0.29) is 5.60 Å². The van der Waals surface area contributed by atoms with Crippen molar-refractivity contribution in [1.82, 2.24) is 5.32 Å². The Labute approximate surface area is 101 Å². The molecule has 1 N–H and O–H groups in total. The number of nitrogens with one attached hydrogen (secondary N) is 1. The average molecular weight is 231 g/mol. The van der Waals surface area contributed by atoms with Gasteiger partial charge in [-0.1, -0.05) is 20.3 Å². The van der Waals surface area contributed by atoms with Crippen molar-refractivity contribution in [2.75, 3.05) is 26.9 Å². The molecule has 2 unspecified atom stereocenters. The van der Waals surface area contributed by atoms with Crippen LogP contribution in [0.5, 0.6) is 0 Å². The molecule has 3 heteroatoms. The van der Waals surface area contributed by atoms with Crippen LogP contribution in [-0.4, -0.2) is 38.5 Å². The van der Waals surface area contributed by atoms with E-state index in [1.54, 1.807) is 0 Å². The topological polar surface area (TPSA) is 30.5 Å². The third kappa shape index (κ3) is 8.08. The van der Waals surface area contributed by atoms with Crippen LogP contribution in [-0.2, 0) is 9.47 Å². The molecule has 98 valence electrons. The van der Waals surface area contributed by atoms with Gasteiger partial charge in [0, 0.05) is 6.04 Å². The zero-order valence-corrected chi connectivity index (χ0v) is 11.8. The molecule has 2 atom stereocenters. The molecular weight excluding hydrogens is 202 g/mol. The summed E-state index contributed by atoms with van der Waals surface area (Å²) in [6, 6.07) is 0.444. The summed E-state index contributed by atoms with van der Waals surface area (Å²) in [7, 11) is 1.99. The molecule has 0 aromatic carbocycles. The molecule has 0 rings (SSSR count). The Hall–Kier alpha value is -0.120. The second-order valence-corrected chi connectivity index (χ2v) is 5.32. The summed E-state index contributed by atoms with van der Waals surface area (Å²) >= 11 is 0. The Morgan fingerprint density at radius 3 is 2.25 bits per heavy atom. The molecular formula is C13H29NO2. The van der Waals surface area contributed by atoms with Gasteiger partial charge in [-0.2, -0.15) is 0 Å². The molecule has 0 amide bonds. The van der Waals surface area contributed by atoms with E-state index >= 15 is 0 Å². The van der Waals surface area contributed by atoms with Crippen LogP contribution >= 0.6 is 0 Å². The number of ether oxygens (including phenoxy) is 2. The van der Waals surface area contributed by atoms with Gasteiger partial charge in [0.25, 0.3) is 0 Å². The molecule has 0 heterocycles. The van der Waals surface area contributed by atoms with Gasteiger partial charge in [-0.05, 0) is 33.7 Å². The fourth-order valence-corrected chi connectivity index (χ4v) is 1.43. The molecule has 0 spiro atoms. The van der Waals surface area contributed by atoms with Crippen molar-refractivity contribution in [3.05, 3.63) is 0 Å². The molecule has 0 aliphatic heterocycles. The molecule has 0 aromatic heterocycles. The van der Waals surface area contributed by atoms with E-state index in [4.69, 9.17) is 9.47 Å². The third-order valence-corrected chi connectivity index (χ3v) is 2.76. The van der Waals surface area contributed by atoms with Crippen LogP contribution in [0.25, 0.3) is 0 Å². The lowest BCUT2D eigenvalue weighted by atomic mass is 10.0. The fraction of sp³-hybridized carbons (Fsp3) is 1.00. The quantitative estimate of drug-likeness (QED) is 0.651. The predicted octanol–water partition coefficient (Wildman–Crippen LogP) is 2.45. The average Bonchev–Trinajstić information content (AvgIpc) is 2.21. The SMILES string of the molecule is CCC(C)C(COCCOC(C)(C)C)NC. The Morgan fingerprint density at radius 2 is 1.81 bits per heavy atom. The maximum Gasteiger partial charge on any atom is 0.0707 e. The molecule has 16 heavy (non-hydrogen) atoms. The maximum atomic E-state index is 5.62. The molecule has 0 fully saturated rings. The largest absolute Gasteiger partial charge is 0.377 e. The fourth-order valence-electron chi connectivity index (χ4n) is 1.43. The van der Waals surface area contributed by atoms with Crippen molar-refractivity contribution in [2.24, 2.45) is 5.92 Å². The minimum atomic E-state index is -0.0670. The zero-order valence-electron chi connectivity index (χ0n) is 11.8. The highest BCUT2D eigenvalue weighted by atomic mass is 16.5. The Kier molecular flexibility index (Phi) is 7.98.